The second-order valence-electron chi connectivity index (χ2n) is 10.6. The third-order valence-electron chi connectivity index (χ3n) is 7.13. The molecule has 4 rings (SSSR count). The second kappa shape index (κ2) is 13.9. The number of carboxylic acid groups (broad SMARTS) is 1. The summed E-state index contributed by atoms with van der Waals surface area (Å²) in [4.78, 5) is 66.4. The summed E-state index contributed by atoms with van der Waals surface area (Å²) in [5.41, 5.74) is 11.7. The Morgan fingerprint density at radius 1 is 0.957 bits per heavy atom. The summed E-state index contributed by atoms with van der Waals surface area (Å²) in [5.74, 6) is -3.04. The first-order valence-electron chi connectivity index (χ1n) is 14.5. The average Bonchev–Trinajstić information content (AvgIpc) is 3.35. The molecule has 0 aliphatic rings. The van der Waals surface area contributed by atoms with Crippen LogP contribution >= 0.6 is 0 Å². The summed E-state index contributed by atoms with van der Waals surface area (Å²) in [7, 11) is 3.21. The van der Waals surface area contributed by atoms with Crippen LogP contribution in [0.3, 0.4) is 0 Å². The number of aliphatic carboxylic acids is 1. The Hall–Kier alpha value is -6.06. The molecule has 0 spiro atoms. The Bertz CT molecular complexity index is 1880. The number of aromatic nitrogens is 4. The number of primary amides is 1. The summed E-state index contributed by atoms with van der Waals surface area (Å²) in [6.07, 6.45) is -0.574. The Morgan fingerprint density at radius 3 is 2.26 bits per heavy atom. The van der Waals surface area contributed by atoms with E-state index in [9.17, 15) is 24.3 Å². The summed E-state index contributed by atoms with van der Waals surface area (Å²) < 4.78 is 13.4. The molecular weight excluding hydrogens is 610 g/mol. The number of benzene rings is 2. The van der Waals surface area contributed by atoms with E-state index in [0.717, 1.165) is 0 Å². The van der Waals surface area contributed by atoms with Crippen LogP contribution < -0.4 is 20.9 Å². The molecule has 1 atom stereocenters. The lowest BCUT2D eigenvalue weighted by molar-refractivity contribution is -0.142. The molecular formula is C31H35N9O7. The lowest BCUT2D eigenvalue weighted by Gasteiger charge is -2.20. The zero-order chi connectivity index (χ0) is 34.6. The molecule has 0 aliphatic carbocycles. The number of nitrogens with zero attached hydrogens (tertiary/aromatic N) is 6. The molecule has 16 heteroatoms. The number of rotatable bonds is 13. The lowest BCUT2D eigenvalue weighted by Crippen LogP contribution is -2.30. The highest BCUT2D eigenvalue weighted by atomic mass is 16.5. The highest BCUT2D eigenvalue weighted by Crippen LogP contribution is 2.34. The predicted octanol–water partition coefficient (Wildman–Crippen LogP) is 2.69. The lowest BCUT2D eigenvalue weighted by atomic mass is 10.1. The number of aryl methyl sites for hydroxylation is 1. The minimum Gasteiger partial charge on any atom is -0.480 e. The van der Waals surface area contributed by atoms with Crippen molar-refractivity contribution in [2.75, 3.05) is 27.2 Å². The molecule has 47 heavy (non-hydrogen) atoms. The third kappa shape index (κ3) is 7.27. The number of imidazole rings is 1. The quantitative estimate of drug-likeness (QED) is 0.122. The minimum absolute atomic E-state index is 0.0202. The molecule has 1 unspecified atom stereocenters. The van der Waals surface area contributed by atoms with Gasteiger partial charge in [0, 0.05) is 38.3 Å². The Kier molecular flexibility index (Phi) is 10.0. The SMILES string of the molecule is CCN(CC)C(=O)c1ccc(C(=N)N)cc1Oc1nc(Oc2cccc(C(=O)N(C)C)c2)c2nc(C)n(C(CC(N)=O)C(=O)O)c2n1. The molecule has 0 fully saturated rings. The predicted molar refractivity (Wildman–Crippen MR) is 170 cm³/mol. The highest BCUT2D eigenvalue weighted by Gasteiger charge is 2.30. The van der Waals surface area contributed by atoms with Gasteiger partial charge in [-0.05, 0) is 51.1 Å². The number of carboxylic acids is 1. The van der Waals surface area contributed by atoms with Gasteiger partial charge < -0.3 is 35.8 Å². The standard InChI is InChI=1S/C31H35N9O7/c1-6-39(7-2)29(43)20-12-11-17(25(33)34)14-22(20)47-31-36-26-24(35-16(3)40(26)21(30(44)45)15-23(32)41)27(37-31)46-19-10-8-9-18(13-19)28(42)38(4)5/h8-14,21H,6-7,15H2,1-5H3,(H2,32,41)(H3,33,34)(H,44,45). The molecule has 0 saturated carbocycles. The minimum atomic E-state index is -1.49. The molecule has 0 bridgehead atoms. The Morgan fingerprint density at radius 2 is 1.66 bits per heavy atom. The number of amidine groups is 1. The van der Waals surface area contributed by atoms with Crippen LogP contribution in [0.25, 0.3) is 11.2 Å². The number of ether oxygens (including phenoxy) is 2. The van der Waals surface area contributed by atoms with E-state index >= 15 is 0 Å². The van der Waals surface area contributed by atoms with Crippen molar-refractivity contribution in [3.63, 3.8) is 0 Å². The summed E-state index contributed by atoms with van der Waals surface area (Å²) in [6.45, 7) is 5.97. The monoisotopic (exact) mass is 645 g/mol. The number of nitrogen functional groups attached to an aromatic ring is 1. The molecule has 4 aromatic rings. The number of nitrogens with one attached hydrogen (secondary N) is 1. The van der Waals surface area contributed by atoms with Crippen molar-refractivity contribution in [3.8, 4) is 23.4 Å². The first-order chi connectivity index (χ1) is 22.2. The van der Waals surface area contributed by atoms with E-state index in [1.165, 1.54) is 40.7 Å². The van der Waals surface area contributed by atoms with Crippen LogP contribution in [0.15, 0.2) is 42.5 Å². The largest absolute Gasteiger partial charge is 0.480 e. The van der Waals surface area contributed by atoms with Crippen LogP contribution in [0.1, 0.15) is 58.4 Å². The number of hydrogen-bond donors (Lipinski definition) is 4. The van der Waals surface area contributed by atoms with E-state index in [-0.39, 0.29) is 69.2 Å². The number of amides is 3. The van der Waals surface area contributed by atoms with Gasteiger partial charge in [0.05, 0.1) is 12.0 Å². The Balaban J connectivity index is 1.95. The second-order valence-corrected chi connectivity index (χ2v) is 10.6. The van der Waals surface area contributed by atoms with Gasteiger partial charge in [-0.3, -0.25) is 24.4 Å². The zero-order valence-corrected chi connectivity index (χ0v) is 26.5. The van der Waals surface area contributed by atoms with E-state index in [2.05, 4.69) is 15.0 Å². The van der Waals surface area contributed by atoms with E-state index in [4.69, 9.17) is 26.4 Å². The van der Waals surface area contributed by atoms with Gasteiger partial charge in [0.1, 0.15) is 29.2 Å². The average molecular weight is 646 g/mol. The fourth-order valence-corrected chi connectivity index (χ4v) is 4.80. The molecule has 2 heterocycles. The number of carbonyl (C=O) groups is 4. The molecule has 3 amide bonds. The zero-order valence-electron chi connectivity index (χ0n) is 26.5. The van der Waals surface area contributed by atoms with Gasteiger partial charge in [0.25, 0.3) is 17.7 Å². The van der Waals surface area contributed by atoms with E-state index in [0.29, 0.717) is 18.7 Å². The van der Waals surface area contributed by atoms with Crippen LogP contribution in [0.2, 0.25) is 0 Å². The van der Waals surface area contributed by atoms with Gasteiger partial charge in [-0.25, -0.2) is 9.78 Å². The molecule has 16 nitrogen and oxygen atoms in total. The number of carbonyl (C=O) groups excluding carboxylic acids is 3. The van der Waals surface area contributed by atoms with Gasteiger partial charge in [-0.15, -0.1) is 0 Å². The maximum atomic E-state index is 13.4. The van der Waals surface area contributed by atoms with Crippen molar-refractivity contribution >= 4 is 40.7 Å². The van der Waals surface area contributed by atoms with Crippen molar-refractivity contribution in [2.45, 2.75) is 33.2 Å². The maximum absolute atomic E-state index is 13.4. The van der Waals surface area contributed by atoms with E-state index < -0.39 is 24.3 Å². The molecule has 0 aliphatic heterocycles. The molecule has 246 valence electrons. The third-order valence-corrected chi connectivity index (χ3v) is 7.13. The Labute approximate surface area is 269 Å². The number of hydrogen-bond acceptors (Lipinski definition) is 10. The summed E-state index contributed by atoms with van der Waals surface area (Å²) in [5, 5.41) is 17.9. The van der Waals surface area contributed by atoms with Crippen molar-refractivity contribution in [1.82, 2.24) is 29.3 Å². The van der Waals surface area contributed by atoms with Gasteiger partial charge in [-0.1, -0.05) is 12.1 Å². The van der Waals surface area contributed by atoms with Crippen LogP contribution in [-0.2, 0) is 9.59 Å². The molecule has 0 radical (unpaired) electrons. The molecule has 0 saturated heterocycles. The van der Waals surface area contributed by atoms with E-state index in [1.807, 2.05) is 13.8 Å². The first kappa shape index (κ1) is 33.8. The van der Waals surface area contributed by atoms with Crippen LogP contribution in [0, 0.1) is 12.3 Å². The van der Waals surface area contributed by atoms with Crippen molar-refractivity contribution in [2.24, 2.45) is 11.5 Å². The van der Waals surface area contributed by atoms with Gasteiger partial charge in [-0.2, -0.15) is 9.97 Å². The van der Waals surface area contributed by atoms with Gasteiger partial charge in [0.15, 0.2) is 11.2 Å². The van der Waals surface area contributed by atoms with Gasteiger partial charge in [0.2, 0.25) is 5.91 Å². The number of fused-ring (bicyclic) bond motifs is 1. The van der Waals surface area contributed by atoms with Crippen LogP contribution in [0.4, 0.5) is 0 Å². The molecule has 2 aromatic carbocycles. The highest BCUT2D eigenvalue weighted by molar-refractivity contribution is 6.00. The van der Waals surface area contributed by atoms with Gasteiger partial charge >= 0.3 is 12.0 Å². The molecule has 6 N–H and O–H groups in total. The summed E-state index contributed by atoms with van der Waals surface area (Å²) >= 11 is 0. The summed E-state index contributed by atoms with van der Waals surface area (Å²) in [6, 6.07) is 8.78. The number of nitrogens with two attached hydrogens (primary N) is 2. The van der Waals surface area contributed by atoms with E-state index in [1.54, 1.807) is 37.2 Å². The van der Waals surface area contributed by atoms with Crippen LogP contribution in [0.5, 0.6) is 23.4 Å². The van der Waals surface area contributed by atoms with Crippen molar-refractivity contribution < 1.29 is 33.8 Å². The van der Waals surface area contributed by atoms with Crippen molar-refractivity contribution in [1.29, 1.82) is 5.41 Å². The normalized spacial score (nSPS) is 11.5. The van der Waals surface area contributed by atoms with Crippen LogP contribution in [-0.4, -0.2) is 91.1 Å². The first-order valence-corrected chi connectivity index (χ1v) is 14.5. The topological polar surface area (TPSA) is 233 Å². The fraction of sp³-hybridized carbons (Fsp3) is 0.290. The van der Waals surface area contributed by atoms with Crippen molar-refractivity contribution in [3.05, 3.63) is 65.0 Å². The maximum Gasteiger partial charge on any atom is 0.327 e. The fourth-order valence-electron chi connectivity index (χ4n) is 4.80. The smallest absolute Gasteiger partial charge is 0.327 e. The molecule has 2 aromatic heterocycles.